The molecule has 0 saturated heterocycles. The maximum Gasteiger partial charge on any atom is 0.240 e. The van der Waals surface area contributed by atoms with Crippen molar-refractivity contribution in [1.82, 2.24) is 14.9 Å². The molecule has 2 heterocycles. The second-order valence-electron chi connectivity index (χ2n) is 6.87. The molecular weight excluding hydrogens is 386 g/mol. The number of fused-ring (bicyclic) bond motifs is 1. The number of rotatable bonds is 5. The van der Waals surface area contributed by atoms with Gasteiger partial charge in [0.1, 0.15) is 16.8 Å². The summed E-state index contributed by atoms with van der Waals surface area (Å²) in [6.07, 6.45) is 0. The first-order valence-corrected chi connectivity index (χ1v) is 10.4. The molecule has 29 heavy (non-hydrogen) atoms. The first kappa shape index (κ1) is 19.3. The van der Waals surface area contributed by atoms with Crippen LogP contribution in [0.25, 0.3) is 0 Å². The van der Waals surface area contributed by atoms with Gasteiger partial charge in [-0.2, -0.15) is 0 Å². The fourth-order valence-electron chi connectivity index (χ4n) is 3.20. The lowest BCUT2D eigenvalue weighted by molar-refractivity contribution is -0.116. The largest absolute Gasteiger partial charge is 0.494 e. The lowest BCUT2D eigenvalue weighted by Crippen LogP contribution is -2.41. The molecule has 0 aliphatic carbocycles. The van der Waals surface area contributed by atoms with Crippen LogP contribution in [0.15, 0.2) is 53.7 Å². The van der Waals surface area contributed by atoms with E-state index < -0.39 is 5.25 Å². The monoisotopic (exact) mass is 409 g/mol. The maximum atomic E-state index is 13.2. The van der Waals surface area contributed by atoms with E-state index in [0.29, 0.717) is 11.8 Å². The zero-order valence-electron chi connectivity index (χ0n) is 16.5. The third-order valence-electron chi connectivity index (χ3n) is 4.73. The molecule has 1 aliphatic heterocycles. The van der Waals surface area contributed by atoms with Crippen molar-refractivity contribution in [2.75, 3.05) is 17.3 Å². The number of thioether (sulfide) groups is 1. The minimum absolute atomic E-state index is 0.0934. The molecule has 2 aromatic carbocycles. The van der Waals surface area contributed by atoms with Gasteiger partial charge in [-0.3, -0.25) is 4.79 Å². The van der Waals surface area contributed by atoms with E-state index in [1.807, 2.05) is 49.7 Å². The summed E-state index contributed by atoms with van der Waals surface area (Å²) in [6, 6.07) is 15.4. The summed E-state index contributed by atoms with van der Waals surface area (Å²) in [7, 11) is 0. The molecule has 0 radical (unpaired) electrons. The number of hydrogen-bond donors (Lipinski definition) is 2. The van der Waals surface area contributed by atoms with Crippen molar-refractivity contribution in [3.05, 3.63) is 65.5 Å². The van der Waals surface area contributed by atoms with E-state index in [-0.39, 0.29) is 11.9 Å². The molecule has 0 saturated carbocycles. The molecule has 0 unspecified atom stereocenters. The van der Waals surface area contributed by atoms with E-state index in [4.69, 9.17) is 4.74 Å². The van der Waals surface area contributed by atoms with Crippen LogP contribution in [0.2, 0.25) is 0 Å². The second kappa shape index (κ2) is 8.16. The Bertz CT molecular complexity index is 1000. The Morgan fingerprint density at radius 1 is 1.14 bits per heavy atom. The lowest BCUT2D eigenvalue weighted by atomic mass is 10.0. The van der Waals surface area contributed by atoms with Crippen LogP contribution < -0.4 is 15.5 Å². The molecule has 0 bridgehead atoms. The average molecular weight is 410 g/mol. The summed E-state index contributed by atoms with van der Waals surface area (Å²) < 4.78 is 7.31. The number of ether oxygens (including phenoxy) is 1. The molecule has 3 aromatic rings. The van der Waals surface area contributed by atoms with Crippen LogP contribution in [0.5, 0.6) is 5.75 Å². The van der Waals surface area contributed by atoms with E-state index in [2.05, 4.69) is 45.2 Å². The van der Waals surface area contributed by atoms with Crippen molar-refractivity contribution in [2.45, 2.75) is 37.2 Å². The van der Waals surface area contributed by atoms with Crippen molar-refractivity contribution in [2.24, 2.45) is 0 Å². The maximum absolute atomic E-state index is 13.2. The molecule has 2 N–H and O–H groups in total. The fraction of sp³-hybridized carbons (Fsp3) is 0.286. The van der Waals surface area contributed by atoms with Crippen LogP contribution in [0.4, 0.5) is 5.69 Å². The number of anilines is 1. The topological polar surface area (TPSA) is 81.1 Å². The Balaban J connectivity index is 1.59. The van der Waals surface area contributed by atoms with E-state index >= 15 is 0 Å². The highest BCUT2D eigenvalue weighted by molar-refractivity contribution is 8.00. The van der Waals surface area contributed by atoms with E-state index in [1.165, 1.54) is 17.3 Å². The minimum atomic E-state index is -0.402. The average Bonchev–Trinajstić information content (AvgIpc) is 3.09. The Labute approximate surface area is 173 Å². The predicted octanol–water partition coefficient (Wildman–Crippen LogP) is 3.69. The lowest BCUT2D eigenvalue weighted by Gasteiger charge is -2.32. The van der Waals surface area contributed by atoms with Gasteiger partial charge in [-0.15, -0.1) is 10.2 Å². The smallest absolute Gasteiger partial charge is 0.240 e. The number of aromatic nitrogens is 3. The summed E-state index contributed by atoms with van der Waals surface area (Å²) in [5.74, 6) is 1.44. The van der Waals surface area contributed by atoms with Gasteiger partial charge in [0.25, 0.3) is 0 Å². The number of carbonyl (C=O) groups is 1. The molecule has 150 valence electrons. The van der Waals surface area contributed by atoms with Gasteiger partial charge in [0, 0.05) is 5.69 Å². The molecule has 8 heteroatoms. The van der Waals surface area contributed by atoms with Crippen LogP contribution in [0, 0.1) is 13.8 Å². The molecule has 1 aliphatic rings. The summed E-state index contributed by atoms with van der Waals surface area (Å²) in [5.41, 5.74) is 6.35. The second-order valence-corrected chi connectivity index (χ2v) is 7.98. The van der Waals surface area contributed by atoms with Gasteiger partial charge < -0.3 is 15.5 Å². The first-order valence-electron chi connectivity index (χ1n) is 9.50. The van der Waals surface area contributed by atoms with Crippen molar-refractivity contribution >= 4 is 23.4 Å². The van der Waals surface area contributed by atoms with Gasteiger partial charge in [-0.05, 0) is 50.6 Å². The van der Waals surface area contributed by atoms with E-state index in [9.17, 15) is 4.79 Å². The zero-order valence-corrected chi connectivity index (χ0v) is 17.4. The number of nitrogens with one attached hydrogen (secondary N) is 2. The quantitative estimate of drug-likeness (QED) is 0.669. The standard InChI is InChI=1S/C21H23N5O2S/c1-4-28-17-11-9-16(10-12-17)22-20(27)19-18(15-7-5-13(2)6-8-15)25-26-14(3)23-24-21(26)29-19/h5-12,18-19,25H,4H2,1-3H3,(H,22,27)/t18-,19-/m0/s1. The van der Waals surface area contributed by atoms with Crippen LogP contribution in [0.3, 0.4) is 0 Å². The number of nitrogens with zero attached hydrogens (tertiary/aromatic N) is 3. The molecule has 7 nitrogen and oxygen atoms in total. The third-order valence-corrected chi connectivity index (χ3v) is 5.94. The fourth-order valence-corrected chi connectivity index (χ4v) is 4.32. The van der Waals surface area contributed by atoms with Gasteiger partial charge in [0.05, 0.1) is 12.6 Å². The predicted molar refractivity (Wildman–Crippen MR) is 114 cm³/mol. The minimum Gasteiger partial charge on any atom is -0.494 e. The highest BCUT2D eigenvalue weighted by atomic mass is 32.2. The molecule has 1 aromatic heterocycles. The van der Waals surface area contributed by atoms with Gasteiger partial charge in [0.2, 0.25) is 11.1 Å². The van der Waals surface area contributed by atoms with Crippen molar-refractivity contribution in [1.29, 1.82) is 0 Å². The van der Waals surface area contributed by atoms with Crippen molar-refractivity contribution in [3.8, 4) is 5.75 Å². The van der Waals surface area contributed by atoms with Crippen molar-refractivity contribution < 1.29 is 9.53 Å². The highest BCUT2D eigenvalue weighted by Gasteiger charge is 2.37. The number of amides is 1. The van der Waals surface area contributed by atoms with E-state index in [0.717, 1.165) is 22.8 Å². The Kier molecular flexibility index (Phi) is 5.44. The summed E-state index contributed by atoms with van der Waals surface area (Å²) >= 11 is 1.41. The molecule has 1 amide bonds. The summed E-state index contributed by atoms with van der Waals surface area (Å²) in [4.78, 5) is 13.2. The van der Waals surface area contributed by atoms with Gasteiger partial charge in [-0.1, -0.05) is 41.6 Å². The number of benzene rings is 2. The summed E-state index contributed by atoms with van der Waals surface area (Å²) in [5, 5.41) is 11.6. The Morgan fingerprint density at radius 3 is 2.55 bits per heavy atom. The number of aryl methyl sites for hydroxylation is 2. The molecule has 0 fully saturated rings. The van der Waals surface area contributed by atoms with E-state index in [1.54, 1.807) is 0 Å². The first-order chi connectivity index (χ1) is 14.0. The highest BCUT2D eigenvalue weighted by Crippen LogP contribution is 2.37. The molecule has 0 spiro atoms. The van der Waals surface area contributed by atoms with Gasteiger partial charge in [-0.25, -0.2) is 4.68 Å². The van der Waals surface area contributed by atoms with Crippen molar-refractivity contribution in [3.63, 3.8) is 0 Å². The van der Waals surface area contributed by atoms with Crippen LogP contribution in [-0.4, -0.2) is 32.6 Å². The molecule has 2 atom stereocenters. The van der Waals surface area contributed by atoms with Crippen LogP contribution in [0.1, 0.15) is 29.9 Å². The SMILES string of the molecule is CCOc1ccc(NC(=O)[C@H]2Sc3nnc(C)n3N[C@H]2c2ccc(C)cc2)cc1. The molecule has 4 rings (SSSR count). The zero-order chi connectivity index (χ0) is 20.4. The van der Waals surface area contributed by atoms with Gasteiger partial charge in [0.15, 0.2) is 0 Å². The molecular formula is C21H23N5O2S. The Morgan fingerprint density at radius 2 is 1.86 bits per heavy atom. The number of hydrogen-bond acceptors (Lipinski definition) is 6. The van der Waals surface area contributed by atoms with Crippen LogP contribution in [-0.2, 0) is 4.79 Å². The van der Waals surface area contributed by atoms with Gasteiger partial charge >= 0.3 is 0 Å². The summed E-state index contributed by atoms with van der Waals surface area (Å²) in [6.45, 7) is 6.48. The normalized spacial score (nSPS) is 17.9. The van der Waals surface area contributed by atoms with Crippen LogP contribution >= 0.6 is 11.8 Å². The number of carbonyl (C=O) groups excluding carboxylic acids is 1. The third kappa shape index (κ3) is 4.07. The Hall–Kier alpha value is -3.00.